The first kappa shape index (κ1) is 18.9. The highest BCUT2D eigenvalue weighted by Crippen LogP contribution is 2.32. The molecule has 1 heterocycles. The number of carbonyl (C=O) groups excluding carboxylic acids is 2. The van der Waals surface area contributed by atoms with Gasteiger partial charge in [0.15, 0.2) is 6.29 Å². The van der Waals surface area contributed by atoms with E-state index in [2.05, 4.69) is 19.6 Å². The third kappa shape index (κ3) is 3.79. The fraction of sp³-hybridized carbons (Fsp3) is 0.647. The van der Waals surface area contributed by atoms with E-state index < -0.39 is 19.6 Å². The molecule has 1 aliphatic carbocycles. The first-order chi connectivity index (χ1) is 11.3. The van der Waals surface area contributed by atoms with Gasteiger partial charge in [0.1, 0.15) is 0 Å². The highest BCUT2D eigenvalue weighted by Gasteiger charge is 2.43. The molecular formula is C17H26O6Si. The van der Waals surface area contributed by atoms with Crippen LogP contribution in [-0.4, -0.2) is 53.4 Å². The lowest BCUT2D eigenvalue weighted by atomic mass is 10.1. The Bertz CT molecular complexity index is 550. The molecule has 7 heteroatoms. The van der Waals surface area contributed by atoms with Crippen molar-refractivity contribution in [3.05, 3.63) is 22.3 Å². The third-order valence-electron chi connectivity index (χ3n) is 4.24. The number of rotatable bonds is 6. The molecule has 0 aromatic rings. The third-order valence-corrected chi connectivity index (χ3v) is 6.44. The molecule has 0 saturated carbocycles. The highest BCUT2D eigenvalue weighted by atomic mass is 28.3. The molecule has 2 rings (SSSR count). The van der Waals surface area contributed by atoms with E-state index in [1.54, 1.807) is 0 Å². The van der Waals surface area contributed by atoms with Crippen LogP contribution in [0.3, 0.4) is 0 Å². The Morgan fingerprint density at radius 3 is 2.08 bits per heavy atom. The van der Waals surface area contributed by atoms with Crippen LogP contribution in [-0.2, 0) is 28.5 Å². The van der Waals surface area contributed by atoms with Gasteiger partial charge in [-0.25, -0.2) is 0 Å². The van der Waals surface area contributed by atoms with E-state index in [0.29, 0.717) is 6.61 Å². The summed E-state index contributed by atoms with van der Waals surface area (Å²) in [6, 6.07) is 0. The molecule has 0 spiro atoms. The first-order valence-electron chi connectivity index (χ1n) is 8.19. The quantitative estimate of drug-likeness (QED) is 0.414. The van der Waals surface area contributed by atoms with Crippen LogP contribution < -0.4 is 0 Å². The van der Waals surface area contributed by atoms with Crippen LogP contribution in [0.25, 0.3) is 0 Å². The van der Waals surface area contributed by atoms with Gasteiger partial charge in [-0.1, -0.05) is 19.6 Å². The predicted octanol–water partition coefficient (Wildman–Crippen LogP) is 2.36. The number of methoxy groups -OCH3 is 2. The second-order valence-electron chi connectivity index (χ2n) is 6.94. The van der Waals surface area contributed by atoms with E-state index in [1.807, 2.05) is 0 Å². The molecule has 0 radical (unpaired) electrons. The van der Waals surface area contributed by atoms with E-state index in [0.717, 1.165) is 24.5 Å². The molecule has 0 aromatic carbocycles. The number of carbonyl (C=O) groups is 2. The van der Waals surface area contributed by atoms with Crippen molar-refractivity contribution in [1.82, 2.24) is 0 Å². The lowest BCUT2D eigenvalue weighted by molar-refractivity contribution is -0.156. The van der Waals surface area contributed by atoms with Crippen LogP contribution in [0.1, 0.15) is 19.3 Å². The molecule has 1 atom stereocenters. The minimum atomic E-state index is -1.98. The van der Waals surface area contributed by atoms with E-state index in [-0.39, 0.29) is 30.0 Å². The lowest BCUT2D eigenvalue weighted by Crippen LogP contribution is -2.34. The summed E-state index contributed by atoms with van der Waals surface area (Å²) < 4.78 is 21.6. The summed E-state index contributed by atoms with van der Waals surface area (Å²) in [4.78, 5) is 25.3. The summed E-state index contributed by atoms with van der Waals surface area (Å²) in [6.07, 6.45) is 2.66. The Morgan fingerprint density at radius 2 is 1.67 bits per heavy atom. The van der Waals surface area contributed by atoms with Crippen molar-refractivity contribution in [2.45, 2.75) is 45.2 Å². The van der Waals surface area contributed by atoms with Gasteiger partial charge in [0.2, 0.25) is 23.1 Å². The summed E-state index contributed by atoms with van der Waals surface area (Å²) in [5, 5.41) is 0.772. The van der Waals surface area contributed by atoms with Crippen LogP contribution in [0.4, 0.5) is 0 Å². The predicted molar refractivity (Wildman–Crippen MR) is 91.0 cm³/mol. The Balaban J connectivity index is 2.31. The molecule has 0 bridgehead atoms. The molecule has 1 unspecified atom stereocenters. The molecule has 0 aromatic heterocycles. The van der Waals surface area contributed by atoms with Crippen LogP contribution in [0.5, 0.6) is 0 Å². The second kappa shape index (κ2) is 7.63. The summed E-state index contributed by atoms with van der Waals surface area (Å²) in [6.45, 7) is 7.15. The highest BCUT2D eigenvalue weighted by molar-refractivity contribution is 6.84. The maximum atomic E-state index is 12.6. The molecule has 24 heavy (non-hydrogen) atoms. The Morgan fingerprint density at radius 1 is 1.08 bits per heavy atom. The molecular weight excluding hydrogens is 328 g/mol. The monoisotopic (exact) mass is 354 g/mol. The molecule has 6 nitrogen and oxygen atoms in total. The van der Waals surface area contributed by atoms with Crippen molar-refractivity contribution in [2.75, 3.05) is 27.4 Å². The van der Waals surface area contributed by atoms with Gasteiger partial charge in [-0.2, -0.15) is 0 Å². The van der Waals surface area contributed by atoms with Gasteiger partial charge in [-0.3, -0.25) is 9.59 Å². The summed E-state index contributed by atoms with van der Waals surface area (Å²) >= 11 is 0. The average molecular weight is 354 g/mol. The average Bonchev–Trinajstić information content (AvgIpc) is 2.78. The van der Waals surface area contributed by atoms with E-state index >= 15 is 0 Å². The molecule has 134 valence electrons. The summed E-state index contributed by atoms with van der Waals surface area (Å²) in [5.41, 5.74) is 0.152. The molecule has 2 aliphatic rings. The standard InChI is InChI=1S/C17H26O6Si/c1-20-16-14(18)13(15(19)17(16)21-2)11(24(3,4)5)10-23-12-8-6-7-9-22-12/h12H,6-10H2,1-5H3. The van der Waals surface area contributed by atoms with Gasteiger partial charge in [0, 0.05) is 6.61 Å². The largest absolute Gasteiger partial charge is 0.489 e. The zero-order chi connectivity index (χ0) is 17.9. The fourth-order valence-corrected chi connectivity index (χ4v) is 4.36. The Kier molecular flexibility index (Phi) is 6.00. The number of ketones is 2. The van der Waals surface area contributed by atoms with E-state index in [4.69, 9.17) is 18.9 Å². The van der Waals surface area contributed by atoms with Crippen molar-refractivity contribution in [3.8, 4) is 0 Å². The molecule has 1 aliphatic heterocycles. The van der Waals surface area contributed by atoms with Gasteiger partial charge in [-0.15, -0.1) is 0 Å². The van der Waals surface area contributed by atoms with Crippen molar-refractivity contribution in [3.63, 3.8) is 0 Å². The van der Waals surface area contributed by atoms with Crippen LogP contribution in [0, 0.1) is 0 Å². The molecule has 1 fully saturated rings. The zero-order valence-electron chi connectivity index (χ0n) is 15.1. The fourth-order valence-electron chi connectivity index (χ4n) is 2.86. The van der Waals surface area contributed by atoms with Crippen LogP contribution >= 0.6 is 0 Å². The normalized spacial score (nSPS) is 22.2. The second-order valence-corrected chi connectivity index (χ2v) is 12.0. The van der Waals surface area contributed by atoms with Crippen molar-refractivity contribution in [2.24, 2.45) is 0 Å². The SMILES string of the molecule is COC1=C(OC)C(=O)C(=C(COC2CCCCO2)[Si](C)(C)C)C1=O. The Hall–Kier alpha value is -1.44. The number of hydrogen-bond donors (Lipinski definition) is 0. The molecule has 0 N–H and O–H groups in total. The minimum absolute atomic E-state index is 0.0258. The summed E-state index contributed by atoms with van der Waals surface area (Å²) in [7, 11) is 0.743. The van der Waals surface area contributed by atoms with Crippen molar-refractivity contribution < 1.29 is 28.5 Å². The zero-order valence-corrected chi connectivity index (χ0v) is 16.1. The number of ether oxygens (including phenoxy) is 4. The van der Waals surface area contributed by atoms with Crippen LogP contribution in [0.15, 0.2) is 22.3 Å². The van der Waals surface area contributed by atoms with E-state index in [9.17, 15) is 9.59 Å². The lowest BCUT2D eigenvalue weighted by Gasteiger charge is -2.27. The first-order valence-corrected chi connectivity index (χ1v) is 11.7. The van der Waals surface area contributed by atoms with Gasteiger partial charge >= 0.3 is 0 Å². The summed E-state index contributed by atoms with van der Waals surface area (Å²) in [5.74, 6) is -0.876. The van der Waals surface area contributed by atoms with Gasteiger partial charge in [0.25, 0.3) is 0 Å². The van der Waals surface area contributed by atoms with Gasteiger partial charge < -0.3 is 18.9 Å². The maximum Gasteiger partial charge on any atom is 0.235 e. The molecule has 1 saturated heterocycles. The van der Waals surface area contributed by atoms with E-state index in [1.165, 1.54) is 14.2 Å². The number of Topliss-reactive ketones (excluding diaryl/α,β-unsaturated/α-hetero) is 2. The number of allylic oxidation sites excluding steroid dienone is 2. The Labute approximate surface area is 143 Å². The van der Waals surface area contributed by atoms with Gasteiger partial charge in [-0.05, 0) is 24.5 Å². The molecule has 0 amide bonds. The maximum absolute atomic E-state index is 12.6. The minimum Gasteiger partial charge on any atom is -0.489 e. The van der Waals surface area contributed by atoms with Crippen LogP contribution in [0.2, 0.25) is 19.6 Å². The van der Waals surface area contributed by atoms with Gasteiger partial charge in [0.05, 0.1) is 34.5 Å². The topological polar surface area (TPSA) is 71.1 Å². The number of hydrogen-bond acceptors (Lipinski definition) is 6. The van der Waals surface area contributed by atoms with Crippen molar-refractivity contribution in [1.29, 1.82) is 0 Å². The smallest absolute Gasteiger partial charge is 0.235 e. The van der Waals surface area contributed by atoms with Crippen molar-refractivity contribution >= 4 is 19.6 Å².